The molecule has 1 aliphatic heterocycles. The third-order valence-electron chi connectivity index (χ3n) is 4.92. The van der Waals surface area contributed by atoms with E-state index in [4.69, 9.17) is 14.8 Å². The molecule has 0 spiro atoms. The molecule has 1 amide bonds. The normalized spacial score (nSPS) is 14.0. The first kappa shape index (κ1) is 19.9. The van der Waals surface area contributed by atoms with Crippen molar-refractivity contribution in [2.75, 3.05) is 11.9 Å². The van der Waals surface area contributed by atoms with Crippen LogP contribution in [-0.4, -0.2) is 27.9 Å². The molecular weight excluding hydrogens is 422 g/mol. The zero-order chi connectivity index (χ0) is 21.9. The summed E-state index contributed by atoms with van der Waals surface area (Å²) in [6.07, 6.45) is 3.49. The molecular formula is C24H19N5O2S. The van der Waals surface area contributed by atoms with Crippen molar-refractivity contribution in [1.29, 1.82) is 0 Å². The number of amides is 1. The summed E-state index contributed by atoms with van der Waals surface area (Å²) in [5, 5.41) is 9.77. The van der Waals surface area contributed by atoms with Gasteiger partial charge in [-0.05, 0) is 49.4 Å². The maximum absolute atomic E-state index is 11.8. The number of nitrogens with one attached hydrogen (secondary N) is 1. The van der Waals surface area contributed by atoms with Gasteiger partial charge in [0.1, 0.15) is 5.75 Å². The number of anilines is 1. The molecule has 0 unspecified atom stereocenters. The van der Waals surface area contributed by atoms with Crippen molar-refractivity contribution in [3.8, 4) is 17.0 Å². The Labute approximate surface area is 188 Å². The van der Waals surface area contributed by atoms with Crippen molar-refractivity contribution >= 4 is 34.3 Å². The molecule has 4 aromatic rings. The fourth-order valence-corrected chi connectivity index (χ4v) is 4.18. The van der Waals surface area contributed by atoms with Crippen molar-refractivity contribution in [2.24, 2.45) is 10.1 Å². The van der Waals surface area contributed by atoms with Gasteiger partial charge in [0.05, 0.1) is 22.8 Å². The lowest BCUT2D eigenvalue weighted by Crippen LogP contribution is -2.25. The van der Waals surface area contributed by atoms with Gasteiger partial charge in [0.25, 0.3) is 5.91 Å². The van der Waals surface area contributed by atoms with E-state index in [1.54, 1.807) is 12.4 Å². The number of thiazole rings is 1. The van der Waals surface area contributed by atoms with Crippen LogP contribution in [0.15, 0.2) is 88.5 Å². The minimum atomic E-state index is -0.167. The molecule has 32 heavy (non-hydrogen) atoms. The standard InChI is InChI=1S/C24H19N5O2S/c1-16(17-9-11-25-12-10-17)28-29-21(15-32-24(29)26-19-5-3-2-4-6-19)18-7-8-22-20(13-18)27-23(30)14-31-22/h2-13,15H,14H2,1H3,(H,27,30). The molecule has 158 valence electrons. The zero-order valence-electron chi connectivity index (χ0n) is 17.2. The van der Waals surface area contributed by atoms with E-state index >= 15 is 0 Å². The number of carbonyl (C=O) groups excluding carboxylic acids is 1. The minimum Gasteiger partial charge on any atom is -0.482 e. The number of aromatic nitrogens is 2. The Morgan fingerprint density at radius 1 is 1.12 bits per heavy atom. The summed E-state index contributed by atoms with van der Waals surface area (Å²) < 4.78 is 7.33. The quantitative estimate of drug-likeness (QED) is 0.475. The second-order valence-electron chi connectivity index (χ2n) is 7.13. The molecule has 3 heterocycles. The number of pyridine rings is 1. The number of para-hydroxylation sites is 1. The Kier molecular flexibility index (Phi) is 5.35. The summed E-state index contributed by atoms with van der Waals surface area (Å²) in [6, 6.07) is 19.3. The van der Waals surface area contributed by atoms with Gasteiger partial charge < -0.3 is 10.1 Å². The van der Waals surface area contributed by atoms with Crippen LogP contribution in [-0.2, 0) is 4.79 Å². The van der Waals surface area contributed by atoms with E-state index in [1.807, 2.05) is 77.6 Å². The van der Waals surface area contributed by atoms with Crippen LogP contribution in [0.25, 0.3) is 11.3 Å². The zero-order valence-corrected chi connectivity index (χ0v) is 18.0. The highest BCUT2D eigenvalue weighted by Crippen LogP contribution is 2.33. The SMILES string of the molecule is CC(=Nn1c(-c2ccc3c(c2)NC(=O)CO3)csc1=Nc1ccccc1)c1ccncc1. The molecule has 1 N–H and O–H groups in total. The number of hydrogen-bond donors (Lipinski definition) is 1. The van der Waals surface area contributed by atoms with E-state index < -0.39 is 0 Å². The van der Waals surface area contributed by atoms with Crippen LogP contribution in [0.2, 0.25) is 0 Å². The first-order chi connectivity index (χ1) is 15.7. The topological polar surface area (TPSA) is 80.9 Å². The summed E-state index contributed by atoms with van der Waals surface area (Å²) in [5.41, 5.74) is 5.05. The van der Waals surface area contributed by atoms with Crippen LogP contribution in [0, 0.1) is 0 Å². The lowest BCUT2D eigenvalue weighted by molar-refractivity contribution is -0.118. The Morgan fingerprint density at radius 3 is 2.75 bits per heavy atom. The lowest BCUT2D eigenvalue weighted by atomic mass is 10.1. The minimum absolute atomic E-state index is 0.0281. The molecule has 0 saturated heterocycles. The number of carbonyl (C=O) groups is 1. The van der Waals surface area contributed by atoms with E-state index in [0.717, 1.165) is 33.0 Å². The molecule has 2 aromatic carbocycles. The highest BCUT2D eigenvalue weighted by Gasteiger charge is 2.18. The van der Waals surface area contributed by atoms with E-state index in [1.165, 1.54) is 11.3 Å². The van der Waals surface area contributed by atoms with Gasteiger partial charge in [0, 0.05) is 28.9 Å². The molecule has 0 radical (unpaired) electrons. The van der Waals surface area contributed by atoms with Crippen LogP contribution in [0.3, 0.4) is 0 Å². The molecule has 0 bridgehead atoms. The second kappa shape index (κ2) is 8.60. The molecule has 1 aliphatic rings. The smallest absolute Gasteiger partial charge is 0.262 e. The number of ether oxygens (including phenoxy) is 1. The summed E-state index contributed by atoms with van der Waals surface area (Å²) in [5.74, 6) is 0.486. The maximum Gasteiger partial charge on any atom is 0.262 e. The third kappa shape index (κ3) is 4.08. The Balaban J connectivity index is 1.66. The van der Waals surface area contributed by atoms with Crippen LogP contribution in [0.1, 0.15) is 12.5 Å². The van der Waals surface area contributed by atoms with Crippen LogP contribution < -0.4 is 14.9 Å². The molecule has 2 aromatic heterocycles. The maximum atomic E-state index is 11.8. The van der Waals surface area contributed by atoms with Gasteiger partial charge in [0.15, 0.2) is 6.61 Å². The Morgan fingerprint density at radius 2 is 1.94 bits per heavy atom. The molecule has 0 saturated carbocycles. The predicted molar refractivity (Wildman–Crippen MR) is 125 cm³/mol. The van der Waals surface area contributed by atoms with Crippen LogP contribution in [0.5, 0.6) is 5.75 Å². The summed E-state index contributed by atoms with van der Waals surface area (Å²) >= 11 is 1.50. The van der Waals surface area contributed by atoms with Crippen molar-refractivity contribution in [3.63, 3.8) is 0 Å². The predicted octanol–water partition coefficient (Wildman–Crippen LogP) is 4.45. The highest BCUT2D eigenvalue weighted by molar-refractivity contribution is 7.07. The number of fused-ring (bicyclic) bond motifs is 1. The van der Waals surface area contributed by atoms with Gasteiger partial charge in [-0.15, -0.1) is 11.3 Å². The first-order valence-corrected chi connectivity index (χ1v) is 10.9. The van der Waals surface area contributed by atoms with Crippen molar-refractivity contribution in [3.05, 3.63) is 88.8 Å². The summed E-state index contributed by atoms with van der Waals surface area (Å²) in [6.45, 7) is 1.98. The fourth-order valence-electron chi connectivity index (χ4n) is 3.33. The van der Waals surface area contributed by atoms with Gasteiger partial charge in [-0.3, -0.25) is 9.78 Å². The lowest BCUT2D eigenvalue weighted by Gasteiger charge is -2.18. The van der Waals surface area contributed by atoms with Crippen molar-refractivity contribution in [2.45, 2.75) is 6.92 Å². The van der Waals surface area contributed by atoms with E-state index in [9.17, 15) is 4.79 Å². The largest absolute Gasteiger partial charge is 0.482 e. The van der Waals surface area contributed by atoms with Gasteiger partial charge in [0.2, 0.25) is 4.80 Å². The number of hydrogen-bond acceptors (Lipinski definition) is 6. The van der Waals surface area contributed by atoms with Crippen LogP contribution >= 0.6 is 11.3 Å². The van der Waals surface area contributed by atoms with Gasteiger partial charge in [-0.2, -0.15) is 5.10 Å². The Hall–Kier alpha value is -4.04. The molecule has 0 atom stereocenters. The van der Waals surface area contributed by atoms with Gasteiger partial charge in [-0.25, -0.2) is 9.67 Å². The molecule has 0 aliphatic carbocycles. The monoisotopic (exact) mass is 441 g/mol. The molecule has 8 heteroatoms. The summed E-state index contributed by atoms with van der Waals surface area (Å²) in [7, 11) is 0. The highest BCUT2D eigenvalue weighted by atomic mass is 32.1. The number of rotatable bonds is 4. The molecule has 7 nitrogen and oxygen atoms in total. The second-order valence-corrected chi connectivity index (χ2v) is 7.97. The van der Waals surface area contributed by atoms with E-state index in [2.05, 4.69) is 10.3 Å². The average molecular weight is 442 g/mol. The van der Waals surface area contributed by atoms with E-state index in [0.29, 0.717) is 11.4 Å². The van der Waals surface area contributed by atoms with Gasteiger partial charge >= 0.3 is 0 Å². The average Bonchev–Trinajstić information content (AvgIpc) is 3.21. The summed E-state index contributed by atoms with van der Waals surface area (Å²) in [4.78, 5) is 21.4. The fraction of sp³-hybridized carbons (Fsp3) is 0.0833. The van der Waals surface area contributed by atoms with E-state index in [-0.39, 0.29) is 12.5 Å². The van der Waals surface area contributed by atoms with Gasteiger partial charge in [-0.1, -0.05) is 18.2 Å². The first-order valence-electron chi connectivity index (χ1n) is 10.0. The third-order valence-corrected chi connectivity index (χ3v) is 5.74. The molecule has 5 rings (SSSR count). The number of benzene rings is 2. The Bertz CT molecular complexity index is 1370. The van der Waals surface area contributed by atoms with Crippen LogP contribution in [0.4, 0.5) is 11.4 Å². The number of nitrogens with zero attached hydrogens (tertiary/aromatic N) is 4. The van der Waals surface area contributed by atoms with Crippen molar-refractivity contribution < 1.29 is 9.53 Å². The molecule has 0 fully saturated rings. The van der Waals surface area contributed by atoms with Crippen molar-refractivity contribution in [1.82, 2.24) is 9.66 Å².